The lowest BCUT2D eigenvalue weighted by atomic mass is 10.1. The van der Waals surface area contributed by atoms with Crippen LogP contribution in [-0.2, 0) is 6.18 Å². The highest BCUT2D eigenvalue weighted by molar-refractivity contribution is 6.03. The van der Waals surface area contributed by atoms with Crippen LogP contribution in [0.4, 0.5) is 24.7 Å². The molecule has 0 spiro atoms. The molecule has 138 valence electrons. The van der Waals surface area contributed by atoms with Crippen molar-refractivity contribution < 1.29 is 18.0 Å². The molecule has 0 radical (unpaired) electrons. The van der Waals surface area contributed by atoms with E-state index in [1.807, 2.05) is 0 Å². The SMILES string of the molecule is Cc1nc(C(=O)Nc2ccccc2C(F)(F)F)cc(N2CCCCC2)n1. The summed E-state index contributed by atoms with van der Waals surface area (Å²) in [7, 11) is 0. The highest BCUT2D eigenvalue weighted by Gasteiger charge is 2.33. The first-order valence-corrected chi connectivity index (χ1v) is 8.43. The monoisotopic (exact) mass is 364 g/mol. The second-order valence-corrected chi connectivity index (χ2v) is 6.20. The fourth-order valence-corrected chi connectivity index (χ4v) is 2.98. The van der Waals surface area contributed by atoms with Crippen molar-refractivity contribution in [2.24, 2.45) is 0 Å². The molecule has 1 fully saturated rings. The average Bonchev–Trinajstić information content (AvgIpc) is 2.61. The molecular weight excluding hydrogens is 345 g/mol. The summed E-state index contributed by atoms with van der Waals surface area (Å²) in [6.07, 6.45) is -1.31. The fraction of sp³-hybridized carbons (Fsp3) is 0.389. The molecule has 1 aromatic heterocycles. The van der Waals surface area contributed by atoms with Gasteiger partial charge in [0.1, 0.15) is 17.3 Å². The summed E-state index contributed by atoms with van der Waals surface area (Å²) < 4.78 is 39.3. The van der Waals surface area contributed by atoms with Gasteiger partial charge in [-0.3, -0.25) is 4.79 Å². The number of carbonyl (C=O) groups excluding carboxylic acids is 1. The number of alkyl halides is 3. The van der Waals surface area contributed by atoms with Crippen LogP contribution in [0.5, 0.6) is 0 Å². The number of nitrogens with one attached hydrogen (secondary N) is 1. The summed E-state index contributed by atoms with van der Waals surface area (Å²) in [5.74, 6) is 0.347. The number of benzene rings is 1. The first kappa shape index (κ1) is 18.2. The molecule has 2 aromatic rings. The van der Waals surface area contributed by atoms with Crippen molar-refractivity contribution in [3.63, 3.8) is 0 Å². The van der Waals surface area contributed by atoms with Gasteiger partial charge in [-0.2, -0.15) is 13.2 Å². The zero-order chi connectivity index (χ0) is 18.7. The molecule has 0 aliphatic carbocycles. The maximum Gasteiger partial charge on any atom is 0.418 e. The molecule has 2 heterocycles. The zero-order valence-electron chi connectivity index (χ0n) is 14.3. The minimum atomic E-state index is -4.55. The lowest BCUT2D eigenvalue weighted by Crippen LogP contribution is -2.31. The number of anilines is 2. The van der Waals surface area contributed by atoms with Crippen LogP contribution in [0, 0.1) is 6.92 Å². The van der Waals surface area contributed by atoms with Crippen LogP contribution in [0.1, 0.15) is 41.1 Å². The summed E-state index contributed by atoms with van der Waals surface area (Å²) in [6.45, 7) is 3.34. The van der Waals surface area contributed by atoms with Crippen LogP contribution in [0.2, 0.25) is 0 Å². The summed E-state index contributed by atoms with van der Waals surface area (Å²) in [4.78, 5) is 23.0. The third kappa shape index (κ3) is 4.12. The molecule has 3 rings (SSSR count). The predicted molar refractivity (Wildman–Crippen MR) is 92.2 cm³/mol. The topological polar surface area (TPSA) is 58.1 Å². The number of hydrogen-bond donors (Lipinski definition) is 1. The van der Waals surface area contributed by atoms with E-state index in [0.29, 0.717) is 11.6 Å². The van der Waals surface area contributed by atoms with E-state index in [4.69, 9.17) is 0 Å². The van der Waals surface area contributed by atoms with Crippen LogP contribution in [-0.4, -0.2) is 29.0 Å². The van der Waals surface area contributed by atoms with E-state index < -0.39 is 17.6 Å². The molecule has 1 amide bonds. The molecule has 1 aliphatic rings. The van der Waals surface area contributed by atoms with Crippen LogP contribution < -0.4 is 10.2 Å². The number of aromatic nitrogens is 2. The van der Waals surface area contributed by atoms with Crippen molar-refractivity contribution in [1.82, 2.24) is 9.97 Å². The van der Waals surface area contributed by atoms with Crippen molar-refractivity contribution in [3.05, 3.63) is 47.4 Å². The molecule has 0 saturated carbocycles. The standard InChI is InChI=1S/C18H19F3N4O/c1-12-22-15(11-16(23-12)25-9-5-2-6-10-25)17(26)24-14-8-4-3-7-13(14)18(19,20)21/h3-4,7-8,11H,2,5-6,9-10H2,1H3,(H,24,26). The van der Waals surface area contributed by atoms with E-state index in [0.717, 1.165) is 38.4 Å². The van der Waals surface area contributed by atoms with Crippen molar-refractivity contribution in [2.75, 3.05) is 23.3 Å². The van der Waals surface area contributed by atoms with Crippen LogP contribution in [0.25, 0.3) is 0 Å². The maximum atomic E-state index is 13.1. The number of piperidine rings is 1. The number of amides is 1. The number of nitrogens with zero attached hydrogens (tertiary/aromatic N) is 3. The first-order valence-electron chi connectivity index (χ1n) is 8.43. The van der Waals surface area contributed by atoms with Crippen LogP contribution >= 0.6 is 0 Å². The Kier molecular flexibility index (Phi) is 5.11. The van der Waals surface area contributed by atoms with Gasteiger partial charge >= 0.3 is 6.18 Å². The fourth-order valence-electron chi connectivity index (χ4n) is 2.98. The third-order valence-electron chi connectivity index (χ3n) is 4.22. The second-order valence-electron chi connectivity index (χ2n) is 6.20. The molecule has 26 heavy (non-hydrogen) atoms. The smallest absolute Gasteiger partial charge is 0.356 e. The summed E-state index contributed by atoms with van der Waals surface area (Å²) in [6, 6.07) is 6.40. The Labute approximate surface area is 149 Å². The summed E-state index contributed by atoms with van der Waals surface area (Å²) >= 11 is 0. The Morgan fingerprint density at radius 2 is 1.81 bits per heavy atom. The summed E-state index contributed by atoms with van der Waals surface area (Å²) in [5, 5.41) is 2.32. The van der Waals surface area contributed by atoms with E-state index >= 15 is 0 Å². The Bertz CT molecular complexity index is 801. The minimum absolute atomic E-state index is 0.0510. The van der Waals surface area contributed by atoms with Gasteiger partial charge in [0.2, 0.25) is 0 Å². The molecule has 1 N–H and O–H groups in total. The molecule has 0 atom stereocenters. The van der Waals surface area contributed by atoms with Gasteiger partial charge in [-0.15, -0.1) is 0 Å². The molecule has 0 unspecified atom stereocenters. The molecule has 8 heteroatoms. The Balaban J connectivity index is 1.86. The molecule has 1 aliphatic heterocycles. The normalized spacial score (nSPS) is 15.0. The van der Waals surface area contributed by atoms with Crippen molar-refractivity contribution in [3.8, 4) is 0 Å². The second kappa shape index (κ2) is 7.31. The number of halogens is 3. The number of aryl methyl sites for hydroxylation is 1. The Morgan fingerprint density at radius 1 is 1.12 bits per heavy atom. The Morgan fingerprint density at radius 3 is 2.50 bits per heavy atom. The molecule has 1 aromatic carbocycles. The van der Waals surface area contributed by atoms with Crippen LogP contribution in [0.15, 0.2) is 30.3 Å². The predicted octanol–water partition coefficient (Wildman–Crippen LogP) is 4.05. The van der Waals surface area contributed by atoms with E-state index in [1.165, 1.54) is 24.3 Å². The lowest BCUT2D eigenvalue weighted by molar-refractivity contribution is -0.136. The highest BCUT2D eigenvalue weighted by Crippen LogP contribution is 2.34. The van der Waals surface area contributed by atoms with Gasteiger partial charge in [-0.25, -0.2) is 9.97 Å². The number of rotatable bonds is 3. The van der Waals surface area contributed by atoms with Gasteiger partial charge in [-0.05, 0) is 38.3 Å². The van der Waals surface area contributed by atoms with Crippen molar-refractivity contribution in [2.45, 2.75) is 32.4 Å². The molecule has 0 bridgehead atoms. The van der Waals surface area contributed by atoms with Crippen molar-refractivity contribution in [1.29, 1.82) is 0 Å². The molecular formula is C18H19F3N4O. The molecule has 1 saturated heterocycles. The number of carbonyl (C=O) groups is 1. The van der Waals surface area contributed by atoms with E-state index in [1.54, 1.807) is 6.92 Å². The zero-order valence-corrected chi connectivity index (χ0v) is 14.3. The maximum absolute atomic E-state index is 13.1. The van der Waals surface area contributed by atoms with Crippen LogP contribution in [0.3, 0.4) is 0 Å². The quantitative estimate of drug-likeness (QED) is 0.893. The number of hydrogen-bond acceptors (Lipinski definition) is 4. The van der Waals surface area contributed by atoms with Gasteiger partial charge in [0.25, 0.3) is 5.91 Å². The first-order chi connectivity index (χ1) is 12.3. The van der Waals surface area contributed by atoms with Gasteiger partial charge in [0, 0.05) is 19.2 Å². The third-order valence-corrected chi connectivity index (χ3v) is 4.22. The Hall–Kier alpha value is -2.64. The largest absolute Gasteiger partial charge is 0.418 e. The van der Waals surface area contributed by atoms with Gasteiger partial charge in [0.05, 0.1) is 11.3 Å². The average molecular weight is 364 g/mol. The molecule has 5 nitrogen and oxygen atoms in total. The van der Waals surface area contributed by atoms with Gasteiger partial charge < -0.3 is 10.2 Å². The summed E-state index contributed by atoms with van der Waals surface area (Å²) in [5.41, 5.74) is -1.13. The highest BCUT2D eigenvalue weighted by atomic mass is 19.4. The van der Waals surface area contributed by atoms with Crippen molar-refractivity contribution >= 4 is 17.4 Å². The number of para-hydroxylation sites is 1. The lowest BCUT2D eigenvalue weighted by Gasteiger charge is -2.28. The van der Waals surface area contributed by atoms with Gasteiger partial charge in [0.15, 0.2) is 0 Å². The van der Waals surface area contributed by atoms with E-state index in [2.05, 4.69) is 20.2 Å². The minimum Gasteiger partial charge on any atom is -0.356 e. The van der Waals surface area contributed by atoms with Gasteiger partial charge in [-0.1, -0.05) is 12.1 Å². The van der Waals surface area contributed by atoms with E-state index in [-0.39, 0.29) is 11.4 Å². The van der Waals surface area contributed by atoms with E-state index in [9.17, 15) is 18.0 Å².